The molecule has 0 aliphatic carbocycles. The van der Waals surface area contributed by atoms with Crippen LogP contribution in [0.3, 0.4) is 0 Å². The predicted molar refractivity (Wildman–Crippen MR) is 70.7 cm³/mol. The van der Waals surface area contributed by atoms with E-state index < -0.39 is 0 Å². The molecule has 18 heavy (non-hydrogen) atoms. The van der Waals surface area contributed by atoms with Gasteiger partial charge < -0.3 is 4.74 Å². The summed E-state index contributed by atoms with van der Waals surface area (Å²) in [5, 5.41) is 4.03. The quantitative estimate of drug-likeness (QED) is 0.723. The van der Waals surface area contributed by atoms with Crippen molar-refractivity contribution in [1.29, 1.82) is 0 Å². The number of nitrogens with zero attached hydrogens (tertiary/aromatic N) is 3. The second kappa shape index (κ2) is 4.70. The van der Waals surface area contributed by atoms with E-state index >= 15 is 0 Å². The highest BCUT2D eigenvalue weighted by Crippen LogP contribution is 2.14. The van der Waals surface area contributed by atoms with Crippen LogP contribution in [0.4, 0.5) is 0 Å². The molecule has 3 aromatic rings. The van der Waals surface area contributed by atoms with E-state index in [1.165, 1.54) is 0 Å². The molecule has 0 spiro atoms. The van der Waals surface area contributed by atoms with Gasteiger partial charge in [0.05, 0.1) is 16.2 Å². The molecule has 0 atom stereocenters. The van der Waals surface area contributed by atoms with Crippen molar-refractivity contribution < 1.29 is 4.74 Å². The van der Waals surface area contributed by atoms with Gasteiger partial charge in [-0.15, -0.1) is 11.3 Å². The van der Waals surface area contributed by atoms with E-state index in [0.717, 1.165) is 21.6 Å². The zero-order valence-corrected chi connectivity index (χ0v) is 10.6. The third kappa shape index (κ3) is 2.31. The van der Waals surface area contributed by atoms with Crippen LogP contribution >= 0.6 is 11.3 Å². The van der Waals surface area contributed by atoms with Gasteiger partial charge in [-0.2, -0.15) is 4.98 Å². The number of benzene rings is 1. The fourth-order valence-corrected chi connectivity index (χ4v) is 2.24. The van der Waals surface area contributed by atoms with E-state index in [1.807, 2.05) is 36.6 Å². The number of para-hydroxylation sites is 1. The van der Waals surface area contributed by atoms with Crippen LogP contribution in [0, 0.1) is 6.92 Å². The summed E-state index contributed by atoms with van der Waals surface area (Å²) in [6.45, 7) is 2.38. The number of ether oxygens (including phenoxy) is 1. The highest BCUT2D eigenvalue weighted by molar-refractivity contribution is 7.09. The zero-order chi connectivity index (χ0) is 12.4. The Kier molecular flexibility index (Phi) is 2.90. The topological polar surface area (TPSA) is 47.9 Å². The van der Waals surface area contributed by atoms with Crippen LogP contribution in [-0.4, -0.2) is 15.0 Å². The number of fused-ring (bicyclic) bond motifs is 1. The van der Waals surface area contributed by atoms with Gasteiger partial charge in [0.1, 0.15) is 6.61 Å². The molecule has 4 nitrogen and oxygen atoms in total. The molecular weight excluding hydrogens is 246 g/mol. The SMILES string of the molecule is Cc1nc(COc2ncc3ccccc3n2)cs1. The summed E-state index contributed by atoms with van der Waals surface area (Å²) in [6.07, 6.45) is 1.77. The standard InChI is InChI=1S/C13H11N3OS/c1-9-15-11(8-18-9)7-17-13-14-6-10-4-2-3-5-12(10)16-13/h2-6,8H,7H2,1H3. The Bertz CT molecular complexity index is 681. The molecular formula is C13H11N3OS. The maximum absolute atomic E-state index is 5.54. The molecule has 0 aliphatic rings. The third-order valence-electron chi connectivity index (χ3n) is 2.48. The van der Waals surface area contributed by atoms with E-state index in [2.05, 4.69) is 15.0 Å². The maximum atomic E-state index is 5.54. The molecule has 0 N–H and O–H groups in total. The van der Waals surface area contributed by atoms with E-state index in [9.17, 15) is 0 Å². The number of aryl methyl sites for hydroxylation is 1. The lowest BCUT2D eigenvalue weighted by molar-refractivity contribution is 0.278. The Morgan fingerprint density at radius 2 is 2.11 bits per heavy atom. The Hall–Kier alpha value is -2.01. The molecule has 0 aliphatic heterocycles. The van der Waals surface area contributed by atoms with Crippen molar-refractivity contribution in [2.75, 3.05) is 0 Å². The predicted octanol–water partition coefficient (Wildman–Crippen LogP) is 2.97. The van der Waals surface area contributed by atoms with Gasteiger partial charge in [-0.25, -0.2) is 9.97 Å². The first kappa shape index (κ1) is 11.1. The van der Waals surface area contributed by atoms with E-state index in [4.69, 9.17) is 4.74 Å². The zero-order valence-electron chi connectivity index (χ0n) is 9.83. The highest BCUT2D eigenvalue weighted by Gasteiger charge is 2.03. The van der Waals surface area contributed by atoms with Crippen molar-refractivity contribution in [1.82, 2.24) is 15.0 Å². The first-order valence-electron chi connectivity index (χ1n) is 5.57. The summed E-state index contributed by atoms with van der Waals surface area (Å²) < 4.78 is 5.54. The van der Waals surface area contributed by atoms with Crippen molar-refractivity contribution in [3.8, 4) is 6.01 Å². The van der Waals surface area contributed by atoms with Gasteiger partial charge in [0.25, 0.3) is 0 Å². The number of rotatable bonds is 3. The summed E-state index contributed by atoms with van der Waals surface area (Å²) in [7, 11) is 0. The van der Waals surface area contributed by atoms with Gasteiger partial charge in [-0.3, -0.25) is 0 Å². The Balaban J connectivity index is 1.78. The molecule has 1 aromatic carbocycles. The largest absolute Gasteiger partial charge is 0.457 e. The van der Waals surface area contributed by atoms with Crippen LogP contribution in [0.15, 0.2) is 35.8 Å². The number of hydrogen-bond donors (Lipinski definition) is 0. The summed E-state index contributed by atoms with van der Waals surface area (Å²) >= 11 is 1.61. The minimum Gasteiger partial charge on any atom is -0.457 e. The Morgan fingerprint density at radius 1 is 1.22 bits per heavy atom. The normalized spacial score (nSPS) is 10.7. The fraction of sp³-hybridized carbons (Fsp3) is 0.154. The maximum Gasteiger partial charge on any atom is 0.317 e. The molecule has 0 amide bonds. The van der Waals surface area contributed by atoms with Gasteiger partial charge in [-0.1, -0.05) is 18.2 Å². The van der Waals surface area contributed by atoms with Gasteiger partial charge in [-0.05, 0) is 13.0 Å². The summed E-state index contributed by atoms with van der Waals surface area (Å²) in [5.74, 6) is 0. The average Bonchev–Trinajstić information content (AvgIpc) is 2.82. The molecule has 2 aromatic heterocycles. The third-order valence-corrected chi connectivity index (χ3v) is 3.30. The number of hydrogen-bond acceptors (Lipinski definition) is 5. The molecule has 2 heterocycles. The monoisotopic (exact) mass is 257 g/mol. The minimum atomic E-state index is 0.388. The average molecular weight is 257 g/mol. The van der Waals surface area contributed by atoms with Crippen LogP contribution in [0.5, 0.6) is 6.01 Å². The Labute approximate surface area is 108 Å². The van der Waals surface area contributed by atoms with Crippen molar-refractivity contribution in [3.05, 3.63) is 46.5 Å². The Morgan fingerprint density at radius 3 is 2.94 bits per heavy atom. The lowest BCUT2D eigenvalue weighted by Gasteiger charge is -2.03. The van der Waals surface area contributed by atoms with Crippen LogP contribution in [0.25, 0.3) is 10.9 Å². The van der Waals surface area contributed by atoms with Crippen molar-refractivity contribution in [2.45, 2.75) is 13.5 Å². The van der Waals surface area contributed by atoms with Crippen molar-refractivity contribution >= 4 is 22.2 Å². The van der Waals surface area contributed by atoms with Crippen LogP contribution in [0.2, 0.25) is 0 Å². The van der Waals surface area contributed by atoms with Gasteiger partial charge in [0.15, 0.2) is 0 Å². The number of aromatic nitrogens is 3. The van der Waals surface area contributed by atoms with Crippen molar-refractivity contribution in [2.24, 2.45) is 0 Å². The molecule has 0 unspecified atom stereocenters. The van der Waals surface area contributed by atoms with E-state index in [0.29, 0.717) is 12.6 Å². The molecule has 3 rings (SSSR count). The second-order valence-electron chi connectivity index (χ2n) is 3.86. The second-order valence-corrected chi connectivity index (χ2v) is 4.92. The van der Waals surface area contributed by atoms with Crippen molar-refractivity contribution in [3.63, 3.8) is 0 Å². The smallest absolute Gasteiger partial charge is 0.317 e. The molecule has 5 heteroatoms. The summed E-state index contributed by atoms with van der Waals surface area (Å²) in [4.78, 5) is 12.8. The highest BCUT2D eigenvalue weighted by atomic mass is 32.1. The molecule has 0 bridgehead atoms. The molecule has 0 radical (unpaired) electrons. The summed E-state index contributed by atoms with van der Waals surface area (Å²) in [5.41, 5.74) is 1.80. The summed E-state index contributed by atoms with van der Waals surface area (Å²) in [6, 6.07) is 8.21. The van der Waals surface area contributed by atoms with Crippen LogP contribution in [-0.2, 0) is 6.61 Å². The van der Waals surface area contributed by atoms with Crippen LogP contribution < -0.4 is 4.74 Å². The van der Waals surface area contributed by atoms with Gasteiger partial charge in [0, 0.05) is 17.0 Å². The minimum absolute atomic E-state index is 0.388. The van der Waals surface area contributed by atoms with E-state index in [-0.39, 0.29) is 0 Å². The van der Waals surface area contributed by atoms with Gasteiger partial charge >= 0.3 is 6.01 Å². The molecule has 0 saturated carbocycles. The first-order valence-corrected chi connectivity index (χ1v) is 6.45. The molecule has 0 saturated heterocycles. The first-order chi connectivity index (χ1) is 8.81. The van der Waals surface area contributed by atoms with Crippen LogP contribution in [0.1, 0.15) is 10.7 Å². The fourth-order valence-electron chi connectivity index (χ4n) is 1.64. The number of thiazole rings is 1. The molecule has 90 valence electrons. The van der Waals surface area contributed by atoms with Gasteiger partial charge in [0.2, 0.25) is 0 Å². The lowest BCUT2D eigenvalue weighted by Crippen LogP contribution is -1.99. The van der Waals surface area contributed by atoms with E-state index in [1.54, 1.807) is 17.5 Å². The molecule has 0 fully saturated rings. The lowest BCUT2D eigenvalue weighted by atomic mass is 10.2.